The van der Waals surface area contributed by atoms with Crippen molar-refractivity contribution in [3.8, 4) is 11.5 Å². The van der Waals surface area contributed by atoms with Gasteiger partial charge in [0.1, 0.15) is 11.5 Å². The lowest BCUT2D eigenvalue weighted by atomic mass is 9.80. The highest BCUT2D eigenvalue weighted by Gasteiger charge is 2.33. The van der Waals surface area contributed by atoms with Gasteiger partial charge in [-0.2, -0.15) is 0 Å². The van der Waals surface area contributed by atoms with E-state index in [-0.39, 0.29) is 11.7 Å². The van der Waals surface area contributed by atoms with Crippen LogP contribution >= 0.6 is 0 Å². The van der Waals surface area contributed by atoms with Gasteiger partial charge in [-0.15, -0.1) is 0 Å². The molecule has 0 amide bonds. The molecular formula is C19H17NO2. The molecule has 1 unspecified atom stereocenters. The summed E-state index contributed by atoms with van der Waals surface area (Å²) in [5, 5.41) is 0. The van der Waals surface area contributed by atoms with Crippen LogP contribution in [0.25, 0.3) is 0 Å². The Morgan fingerprint density at radius 2 is 1.86 bits per heavy atom. The van der Waals surface area contributed by atoms with Crippen LogP contribution in [0.2, 0.25) is 0 Å². The molecule has 0 saturated heterocycles. The van der Waals surface area contributed by atoms with Gasteiger partial charge in [0.25, 0.3) is 0 Å². The van der Waals surface area contributed by atoms with Crippen molar-refractivity contribution in [3.05, 3.63) is 54.1 Å². The van der Waals surface area contributed by atoms with Crippen LogP contribution in [0.15, 0.2) is 53.5 Å². The van der Waals surface area contributed by atoms with E-state index in [0.717, 1.165) is 42.8 Å². The summed E-state index contributed by atoms with van der Waals surface area (Å²) < 4.78 is 5.83. The van der Waals surface area contributed by atoms with Crippen molar-refractivity contribution in [1.82, 2.24) is 0 Å². The SMILES string of the molecule is O=C1c2cc(Oc3ccccc3)ccc2N=C2CCCCC12. The van der Waals surface area contributed by atoms with Crippen LogP contribution in [0.5, 0.6) is 11.5 Å². The first-order chi connectivity index (χ1) is 10.8. The predicted octanol–water partition coefficient (Wildman–Crippen LogP) is 4.94. The monoisotopic (exact) mass is 291 g/mol. The summed E-state index contributed by atoms with van der Waals surface area (Å²) in [7, 11) is 0. The fraction of sp³-hybridized carbons (Fsp3) is 0.263. The third kappa shape index (κ3) is 2.33. The molecule has 1 heterocycles. The number of ether oxygens (including phenoxy) is 1. The molecule has 2 aromatic carbocycles. The van der Waals surface area contributed by atoms with Crippen molar-refractivity contribution in [2.45, 2.75) is 25.7 Å². The van der Waals surface area contributed by atoms with Gasteiger partial charge in [-0.25, -0.2) is 0 Å². The molecule has 0 radical (unpaired) electrons. The van der Waals surface area contributed by atoms with Gasteiger partial charge in [-0.3, -0.25) is 9.79 Å². The van der Waals surface area contributed by atoms with Gasteiger partial charge >= 0.3 is 0 Å². The van der Waals surface area contributed by atoms with Gasteiger partial charge < -0.3 is 4.74 Å². The number of benzene rings is 2. The van der Waals surface area contributed by atoms with E-state index < -0.39 is 0 Å². The Morgan fingerprint density at radius 3 is 2.73 bits per heavy atom. The average molecular weight is 291 g/mol. The second-order valence-corrected chi connectivity index (χ2v) is 5.86. The smallest absolute Gasteiger partial charge is 0.173 e. The Bertz CT molecular complexity index is 749. The van der Waals surface area contributed by atoms with Crippen molar-refractivity contribution >= 4 is 17.2 Å². The molecule has 0 spiro atoms. The Morgan fingerprint density at radius 1 is 1.00 bits per heavy atom. The van der Waals surface area contributed by atoms with Gasteiger partial charge in [-0.1, -0.05) is 24.6 Å². The Labute approximate surface area is 129 Å². The number of aliphatic imine (C=N–C) groups is 1. The minimum Gasteiger partial charge on any atom is -0.457 e. The van der Waals surface area contributed by atoms with Gasteiger partial charge in [0.15, 0.2) is 5.78 Å². The summed E-state index contributed by atoms with van der Waals surface area (Å²) in [6.07, 6.45) is 4.15. The quantitative estimate of drug-likeness (QED) is 0.786. The normalized spacial score (nSPS) is 19.9. The summed E-state index contributed by atoms with van der Waals surface area (Å²) >= 11 is 0. The van der Waals surface area contributed by atoms with E-state index >= 15 is 0 Å². The second kappa shape index (κ2) is 5.41. The first-order valence-electron chi connectivity index (χ1n) is 7.80. The number of carbonyl (C=O) groups excluding carboxylic acids is 1. The Hall–Kier alpha value is -2.42. The van der Waals surface area contributed by atoms with E-state index in [1.165, 1.54) is 0 Å². The Balaban J connectivity index is 1.68. The lowest BCUT2D eigenvalue weighted by molar-refractivity contribution is 0.0942. The number of para-hydroxylation sites is 1. The van der Waals surface area contributed by atoms with E-state index in [1.807, 2.05) is 48.5 Å². The fourth-order valence-corrected chi connectivity index (χ4v) is 3.25. The van der Waals surface area contributed by atoms with E-state index in [1.54, 1.807) is 0 Å². The molecule has 2 aromatic rings. The molecule has 2 aliphatic rings. The second-order valence-electron chi connectivity index (χ2n) is 5.86. The maximum absolute atomic E-state index is 12.7. The lowest BCUT2D eigenvalue weighted by Crippen LogP contribution is -2.30. The van der Waals surface area contributed by atoms with Crippen LogP contribution in [0, 0.1) is 5.92 Å². The predicted molar refractivity (Wildman–Crippen MR) is 86.3 cm³/mol. The highest BCUT2D eigenvalue weighted by Crippen LogP contribution is 2.37. The molecular weight excluding hydrogens is 274 g/mol. The summed E-state index contributed by atoms with van der Waals surface area (Å²) in [6.45, 7) is 0. The van der Waals surface area contributed by atoms with Crippen molar-refractivity contribution in [2.75, 3.05) is 0 Å². The number of Topliss-reactive ketones (excluding diaryl/α,β-unsaturated/α-hetero) is 1. The van der Waals surface area contributed by atoms with E-state index in [9.17, 15) is 4.79 Å². The van der Waals surface area contributed by atoms with Gasteiger partial charge in [0, 0.05) is 11.3 Å². The summed E-state index contributed by atoms with van der Waals surface area (Å²) in [4.78, 5) is 17.4. The molecule has 1 saturated carbocycles. The highest BCUT2D eigenvalue weighted by atomic mass is 16.5. The van der Waals surface area contributed by atoms with Crippen molar-refractivity contribution < 1.29 is 9.53 Å². The van der Waals surface area contributed by atoms with E-state index in [2.05, 4.69) is 0 Å². The van der Waals surface area contributed by atoms with Crippen LogP contribution in [-0.4, -0.2) is 11.5 Å². The molecule has 1 aliphatic carbocycles. The van der Waals surface area contributed by atoms with Crippen LogP contribution in [0.4, 0.5) is 5.69 Å². The molecule has 1 fully saturated rings. The number of rotatable bonds is 2. The largest absolute Gasteiger partial charge is 0.457 e. The third-order valence-corrected chi connectivity index (χ3v) is 4.37. The molecule has 0 bridgehead atoms. The number of fused-ring (bicyclic) bond motifs is 2. The number of nitrogens with zero attached hydrogens (tertiary/aromatic N) is 1. The minimum absolute atomic E-state index is 0.00627. The zero-order chi connectivity index (χ0) is 14.9. The molecule has 0 aromatic heterocycles. The number of hydrogen-bond acceptors (Lipinski definition) is 3. The van der Waals surface area contributed by atoms with Gasteiger partial charge in [0.05, 0.1) is 11.6 Å². The van der Waals surface area contributed by atoms with Crippen LogP contribution in [0.1, 0.15) is 36.0 Å². The summed E-state index contributed by atoms with van der Waals surface area (Å²) in [6, 6.07) is 15.2. The number of hydrogen-bond donors (Lipinski definition) is 0. The minimum atomic E-state index is -0.00627. The topological polar surface area (TPSA) is 38.7 Å². The fourth-order valence-electron chi connectivity index (χ4n) is 3.25. The maximum Gasteiger partial charge on any atom is 0.173 e. The average Bonchev–Trinajstić information content (AvgIpc) is 2.57. The van der Waals surface area contributed by atoms with Crippen molar-refractivity contribution in [3.63, 3.8) is 0 Å². The number of carbonyl (C=O) groups is 1. The van der Waals surface area contributed by atoms with Crippen LogP contribution in [-0.2, 0) is 0 Å². The van der Waals surface area contributed by atoms with Crippen molar-refractivity contribution in [2.24, 2.45) is 10.9 Å². The van der Waals surface area contributed by atoms with Crippen molar-refractivity contribution in [1.29, 1.82) is 0 Å². The first-order valence-corrected chi connectivity index (χ1v) is 7.80. The van der Waals surface area contributed by atoms with Gasteiger partial charge in [-0.05, 0) is 49.6 Å². The number of ketones is 1. The molecule has 1 aliphatic heterocycles. The Kier molecular flexibility index (Phi) is 3.26. The van der Waals surface area contributed by atoms with Gasteiger partial charge in [0.2, 0.25) is 0 Å². The van der Waals surface area contributed by atoms with E-state index in [4.69, 9.17) is 9.73 Å². The zero-order valence-electron chi connectivity index (χ0n) is 12.3. The molecule has 4 rings (SSSR count). The molecule has 0 N–H and O–H groups in total. The molecule has 3 heteroatoms. The van der Waals surface area contributed by atoms with Crippen LogP contribution < -0.4 is 4.74 Å². The maximum atomic E-state index is 12.7. The third-order valence-electron chi connectivity index (χ3n) is 4.37. The molecule has 3 nitrogen and oxygen atoms in total. The van der Waals surface area contributed by atoms with E-state index in [0.29, 0.717) is 11.3 Å². The first kappa shape index (κ1) is 13.3. The summed E-state index contributed by atoms with van der Waals surface area (Å²) in [5.74, 6) is 1.66. The molecule has 110 valence electrons. The van der Waals surface area contributed by atoms with Crippen LogP contribution in [0.3, 0.4) is 0 Å². The zero-order valence-corrected chi connectivity index (χ0v) is 12.3. The standard InChI is InChI=1S/C19H17NO2/c21-19-15-8-4-5-9-17(15)20-18-11-10-14(12-16(18)19)22-13-6-2-1-3-7-13/h1-3,6-7,10-12,15H,4-5,8-9H2. The summed E-state index contributed by atoms with van der Waals surface area (Å²) in [5.41, 5.74) is 2.56. The highest BCUT2D eigenvalue weighted by molar-refractivity contribution is 6.18. The molecule has 1 atom stereocenters. The lowest BCUT2D eigenvalue weighted by Gasteiger charge is -2.27. The molecule has 22 heavy (non-hydrogen) atoms.